The number of morpholine rings is 1. The lowest BCUT2D eigenvalue weighted by molar-refractivity contribution is 0.0512. The van der Waals surface area contributed by atoms with Crippen LogP contribution in [0, 0.1) is 13.8 Å². The molecule has 0 aromatic carbocycles. The van der Waals surface area contributed by atoms with Gasteiger partial charge in [-0.15, -0.1) is 0 Å². The Labute approximate surface area is 128 Å². The van der Waals surface area contributed by atoms with Gasteiger partial charge in [0.2, 0.25) is 11.5 Å². The Morgan fingerprint density at radius 3 is 2.68 bits per heavy atom. The summed E-state index contributed by atoms with van der Waals surface area (Å²) in [5.74, 6) is 0.987. The molecule has 3 rings (SSSR count). The first kappa shape index (κ1) is 14.8. The predicted molar refractivity (Wildman–Crippen MR) is 80.3 cm³/mol. The molecule has 0 bridgehead atoms. The summed E-state index contributed by atoms with van der Waals surface area (Å²) in [6.07, 6.45) is 0. The summed E-state index contributed by atoms with van der Waals surface area (Å²) in [5, 5.41) is 0.854. The van der Waals surface area contributed by atoms with Crippen molar-refractivity contribution < 1.29 is 18.7 Å². The lowest BCUT2D eigenvalue weighted by Gasteiger charge is -2.28. The molecule has 2 aromatic heterocycles. The van der Waals surface area contributed by atoms with Gasteiger partial charge >= 0.3 is 5.97 Å². The van der Waals surface area contributed by atoms with Crippen LogP contribution in [0.2, 0.25) is 0 Å². The Morgan fingerprint density at radius 1 is 1.27 bits per heavy atom. The minimum absolute atomic E-state index is 0.0320. The van der Waals surface area contributed by atoms with Gasteiger partial charge in [0.05, 0.1) is 25.2 Å². The number of hydrogen-bond acceptors (Lipinski definition) is 7. The van der Waals surface area contributed by atoms with E-state index in [1.165, 1.54) is 0 Å². The second kappa shape index (κ2) is 5.92. The van der Waals surface area contributed by atoms with Crippen molar-refractivity contribution in [1.82, 2.24) is 9.97 Å². The normalized spacial score (nSPS) is 15.3. The number of aryl methyl sites for hydroxylation is 2. The van der Waals surface area contributed by atoms with Gasteiger partial charge in [-0.25, -0.2) is 9.78 Å². The van der Waals surface area contributed by atoms with Crippen LogP contribution in [-0.2, 0) is 9.47 Å². The summed E-state index contributed by atoms with van der Waals surface area (Å²) < 4.78 is 16.1. The quantitative estimate of drug-likeness (QED) is 0.801. The molecule has 118 valence electrons. The number of anilines is 1. The highest BCUT2D eigenvalue weighted by Gasteiger charge is 2.24. The summed E-state index contributed by atoms with van der Waals surface area (Å²) >= 11 is 0. The molecular formula is C15H19N3O4. The molecule has 3 heterocycles. The van der Waals surface area contributed by atoms with Crippen molar-refractivity contribution in [2.24, 2.45) is 0 Å². The minimum Gasteiger partial charge on any atom is -0.460 e. The van der Waals surface area contributed by atoms with Gasteiger partial charge in [0, 0.05) is 18.7 Å². The summed E-state index contributed by atoms with van der Waals surface area (Å²) in [7, 11) is 0. The monoisotopic (exact) mass is 305 g/mol. The van der Waals surface area contributed by atoms with Crippen molar-refractivity contribution >= 4 is 22.9 Å². The molecule has 7 nitrogen and oxygen atoms in total. The Morgan fingerprint density at radius 2 is 2.00 bits per heavy atom. The van der Waals surface area contributed by atoms with Crippen molar-refractivity contribution in [3.8, 4) is 0 Å². The van der Waals surface area contributed by atoms with Crippen LogP contribution in [0.25, 0.3) is 11.1 Å². The van der Waals surface area contributed by atoms with Crippen LogP contribution in [0.4, 0.5) is 5.82 Å². The number of furan rings is 1. The highest BCUT2D eigenvalue weighted by Crippen LogP contribution is 2.31. The average molecular weight is 305 g/mol. The smallest absolute Gasteiger partial charge is 0.376 e. The zero-order chi connectivity index (χ0) is 15.7. The molecular weight excluding hydrogens is 286 g/mol. The molecule has 0 spiro atoms. The van der Waals surface area contributed by atoms with E-state index in [-0.39, 0.29) is 12.4 Å². The maximum Gasteiger partial charge on any atom is 0.376 e. The number of rotatable bonds is 3. The standard InChI is InChI=1S/C15H19N3O4/c1-4-21-15(19)12-16-13(18-5-7-20-8-6-18)11-9(2)10(3)22-14(11)17-12/h4-8H2,1-3H3. The number of aromatic nitrogens is 2. The summed E-state index contributed by atoms with van der Waals surface area (Å²) in [4.78, 5) is 22.7. The zero-order valence-corrected chi connectivity index (χ0v) is 13.0. The van der Waals surface area contributed by atoms with E-state index >= 15 is 0 Å². The van der Waals surface area contributed by atoms with Gasteiger partial charge < -0.3 is 18.8 Å². The van der Waals surface area contributed by atoms with E-state index in [2.05, 4.69) is 14.9 Å². The summed E-state index contributed by atoms with van der Waals surface area (Å²) in [6.45, 7) is 8.59. The van der Waals surface area contributed by atoms with E-state index < -0.39 is 5.97 Å². The second-order valence-electron chi connectivity index (χ2n) is 5.15. The highest BCUT2D eigenvalue weighted by molar-refractivity contribution is 5.94. The topological polar surface area (TPSA) is 77.7 Å². The molecule has 0 saturated carbocycles. The fraction of sp³-hybridized carbons (Fsp3) is 0.533. The Kier molecular flexibility index (Phi) is 3.98. The molecule has 0 amide bonds. The van der Waals surface area contributed by atoms with Crippen LogP contribution in [0.15, 0.2) is 4.42 Å². The number of ether oxygens (including phenoxy) is 2. The van der Waals surface area contributed by atoms with Crippen LogP contribution < -0.4 is 4.90 Å². The summed E-state index contributed by atoms with van der Waals surface area (Å²) in [6, 6.07) is 0. The first-order valence-corrected chi connectivity index (χ1v) is 7.39. The second-order valence-corrected chi connectivity index (χ2v) is 5.15. The third kappa shape index (κ3) is 2.52. The van der Waals surface area contributed by atoms with E-state index in [1.54, 1.807) is 6.92 Å². The Balaban J connectivity index is 2.14. The molecule has 0 radical (unpaired) electrons. The van der Waals surface area contributed by atoms with Crippen LogP contribution in [0.5, 0.6) is 0 Å². The number of carbonyl (C=O) groups is 1. The van der Waals surface area contributed by atoms with Gasteiger partial charge in [-0.1, -0.05) is 0 Å². The van der Waals surface area contributed by atoms with E-state index in [0.29, 0.717) is 24.7 Å². The zero-order valence-electron chi connectivity index (χ0n) is 13.0. The molecule has 1 aliphatic rings. The molecule has 7 heteroatoms. The fourth-order valence-corrected chi connectivity index (χ4v) is 2.52. The number of nitrogens with zero attached hydrogens (tertiary/aromatic N) is 3. The molecule has 0 atom stereocenters. The lowest BCUT2D eigenvalue weighted by Crippen LogP contribution is -2.37. The van der Waals surface area contributed by atoms with Crippen LogP contribution in [0.3, 0.4) is 0 Å². The van der Waals surface area contributed by atoms with E-state index in [4.69, 9.17) is 13.9 Å². The van der Waals surface area contributed by atoms with Crippen molar-refractivity contribution in [3.63, 3.8) is 0 Å². The van der Waals surface area contributed by atoms with E-state index in [0.717, 1.165) is 29.8 Å². The van der Waals surface area contributed by atoms with Gasteiger partial charge in [0.1, 0.15) is 11.6 Å². The van der Waals surface area contributed by atoms with Crippen LogP contribution >= 0.6 is 0 Å². The number of esters is 1. The number of fused-ring (bicyclic) bond motifs is 1. The minimum atomic E-state index is -0.536. The molecule has 0 aliphatic carbocycles. The van der Waals surface area contributed by atoms with Crippen molar-refractivity contribution in [3.05, 3.63) is 17.1 Å². The molecule has 1 saturated heterocycles. The fourth-order valence-electron chi connectivity index (χ4n) is 2.52. The van der Waals surface area contributed by atoms with Gasteiger partial charge in [-0.3, -0.25) is 0 Å². The third-order valence-corrected chi connectivity index (χ3v) is 3.78. The maximum atomic E-state index is 12.0. The van der Waals surface area contributed by atoms with Gasteiger partial charge in [0.15, 0.2) is 0 Å². The Bertz CT molecular complexity index is 704. The third-order valence-electron chi connectivity index (χ3n) is 3.78. The van der Waals surface area contributed by atoms with Gasteiger partial charge in [0.25, 0.3) is 0 Å². The maximum absolute atomic E-state index is 12.0. The average Bonchev–Trinajstić information content (AvgIpc) is 2.82. The van der Waals surface area contributed by atoms with Crippen LogP contribution in [-0.4, -0.2) is 48.8 Å². The molecule has 1 fully saturated rings. The van der Waals surface area contributed by atoms with Crippen molar-refractivity contribution in [1.29, 1.82) is 0 Å². The van der Waals surface area contributed by atoms with E-state index in [1.807, 2.05) is 13.8 Å². The highest BCUT2D eigenvalue weighted by atomic mass is 16.5. The summed E-state index contributed by atoms with van der Waals surface area (Å²) in [5.41, 5.74) is 1.42. The molecule has 22 heavy (non-hydrogen) atoms. The van der Waals surface area contributed by atoms with E-state index in [9.17, 15) is 4.79 Å². The molecule has 2 aromatic rings. The number of hydrogen-bond donors (Lipinski definition) is 0. The predicted octanol–water partition coefficient (Wildman–Crippen LogP) is 1.85. The van der Waals surface area contributed by atoms with Gasteiger partial charge in [-0.2, -0.15) is 4.98 Å². The van der Waals surface area contributed by atoms with Gasteiger partial charge in [-0.05, 0) is 20.8 Å². The van der Waals surface area contributed by atoms with Crippen molar-refractivity contribution in [2.75, 3.05) is 37.8 Å². The first-order chi connectivity index (χ1) is 10.6. The Hall–Kier alpha value is -2.15. The SMILES string of the molecule is CCOC(=O)c1nc(N2CCOCC2)c2c(C)c(C)oc2n1. The molecule has 0 N–H and O–H groups in total. The lowest BCUT2D eigenvalue weighted by atomic mass is 10.2. The largest absolute Gasteiger partial charge is 0.460 e. The first-order valence-electron chi connectivity index (χ1n) is 7.39. The van der Waals surface area contributed by atoms with Crippen LogP contribution in [0.1, 0.15) is 28.9 Å². The van der Waals surface area contributed by atoms with Crippen molar-refractivity contribution in [2.45, 2.75) is 20.8 Å². The molecule has 1 aliphatic heterocycles. The molecule has 0 unspecified atom stereocenters. The number of carbonyl (C=O) groups excluding carboxylic acids is 1.